The minimum Gasteiger partial charge on any atom is -0.481 e. The molecule has 2 heterocycles. The summed E-state index contributed by atoms with van der Waals surface area (Å²) < 4.78 is 1.54. The zero-order valence-corrected chi connectivity index (χ0v) is 14.1. The molecule has 0 radical (unpaired) electrons. The Hall–Kier alpha value is -2.95. The second kappa shape index (κ2) is 5.28. The highest BCUT2D eigenvalue weighted by atomic mass is 16.4. The zero-order chi connectivity index (χ0) is 17.8. The maximum absolute atomic E-state index is 12.8. The maximum Gasteiger partial charge on any atom is 0.315 e. The second-order valence-electron chi connectivity index (χ2n) is 6.74. The van der Waals surface area contributed by atoms with Crippen molar-refractivity contribution in [2.24, 2.45) is 5.41 Å². The summed E-state index contributed by atoms with van der Waals surface area (Å²) in [6, 6.07) is 7.67. The lowest BCUT2D eigenvalue weighted by Gasteiger charge is -2.18. The largest absolute Gasteiger partial charge is 0.481 e. The fraction of sp³-hybridized carbons (Fsp3) is 0.250. The van der Waals surface area contributed by atoms with Crippen LogP contribution in [0, 0.1) is 19.3 Å². The molecule has 5 heteroatoms. The molecule has 1 aliphatic carbocycles. The Morgan fingerprint density at radius 3 is 2.80 bits per heavy atom. The molecule has 0 saturated heterocycles. The van der Waals surface area contributed by atoms with Gasteiger partial charge < -0.3 is 5.11 Å². The molecule has 1 saturated carbocycles. The first-order valence-electron chi connectivity index (χ1n) is 8.23. The molecule has 2 atom stereocenters. The topological polar surface area (TPSA) is 72.2 Å². The summed E-state index contributed by atoms with van der Waals surface area (Å²) in [7, 11) is 0. The smallest absolute Gasteiger partial charge is 0.315 e. The molecule has 1 aromatic carbocycles. The molecule has 1 aliphatic heterocycles. The molecule has 1 fully saturated rings. The van der Waals surface area contributed by atoms with Crippen molar-refractivity contribution in [2.45, 2.75) is 26.3 Å². The van der Waals surface area contributed by atoms with Crippen molar-refractivity contribution in [3.63, 3.8) is 0 Å². The number of carbonyl (C=O) groups is 1. The highest BCUT2D eigenvalue weighted by molar-refractivity contribution is 5.84. The SMILES string of the molecule is Cc1ccccc1/C=C/c1nc2n(c(=O)c1C)C1CC1(C(=O)O)C=C2. The van der Waals surface area contributed by atoms with Crippen LogP contribution in [0.5, 0.6) is 0 Å². The van der Waals surface area contributed by atoms with Crippen molar-refractivity contribution in [1.29, 1.82) is 0 Å². The van der Waals surface area contributed by atoms with E-state index in [-0.39, 0.29) is 11.6 Å². The third-order valence-corrected chi connectivity index (χ3v) is 5.22. The van der Waals surface area contributed by atoms with E-state index in [4.69, 9.17) is 0 Å². The lowest BCUT2D eigenvalue weighted by Crippen LogP contribution is -2.31. The average Bonchev–Trinajstić information content (AvgIpc) is 3.34. The number of aryl methyl sites for hydroxylation is 1. The first kappa shape index (κ1) is 15.6. The third-order valence-electron chi connectivity index (χ3n) is 5.22. The van der Waals surface area contributed by atoms with Gasteiger partial charge >= 0.3 is 5.97 Å². The van der Waals surface area contributed by atoms with Crippen LogP contribution >= 0.6 is 0 Å². The standard InChI is InChI=1S/C20H18N2O3/c1-12-5-3-4-6-14(12)7-8-15-13(2)18(23)22-16-11-20(16,19(24)25)10-9-17(22)21-15/h3-10,16H,11H2,1-2H3,(H,24,25)/b8-7+. The van der Waals surface area contributed by atoms with E-state index in [9.17, 15) is 14.7 Å². The van der Waals surface area contributed by atoms with Gasteiger partial charge in [-0.2, -0.15) is 0 Å². The van der Waals surface area contributed by atoms with Crippen LogP contribution in [0.3, 0.4) is 0 Å². The summed E-state index contributed by atoms with van der Waals surface area (Å²) in [5, 5.41) is 9.42. The second-order valence-corrected chi connectivity index (χ2v) is 6.74. The molecule has 25 heavy (non-hydrogen) atoms. The fourth-order valence-corrected chi connectivity index (χ4v) is 3.47. The molecule has 4 rings (SSSR count). The highest BCUT2D eigenvalue weighted by Gasteiger charge is 2.62. The fourth-order valence-electron chi connectivity index (χ4n) is 3.47. The minimum absolute atomic E-state index is 0.160. The van der Waals surface area contributed by atoms with Crippen molar-refractivity contribution in [3.05, 3.63) is 68.9 Å². The summed E-state index contributed by atoms with van der Waals surface area (Å²) in [5.41, 5.74) is 2.29. The molecule has 1 N–H and O–H groups in total. The van der Waals surface area contributed by atoms with Gasteiger partial charge in [-0.1, -0.05) is 36.4 Å². The zero-order valence-electron chi connectivity index (χ0n) is 14.1. The Morgan fingerprint density at radius 2 is 2.08 bits per heavy atom. The molecule has 0 amide bonds. The van der Waals surface area contributed by atoms with Crippen LogP contribution in [0.2, 0.25) is 0 Å². The quantitative estimate of drug-likeness (QED) is 0.936. The van der Waals surface area contributed by atoms with Gasteiger partial charge in [0.1, 0.15) is 11.2 Å². The Balaban J connectivity index is 1.77. The third kappa shape index (κ3) is 2.27. The normalized spacial score (nSPS) is 23.4. The van der Waals surface area contributed by atoms with Crippen LogP contribution in [0.15, 0.2) is 35.1 Å². The lowest BCUT2D eigenvalue weighted by atomic mass is 10.0. The summed E-state index contributed by atoms with van der Waals surface area (Å²) in [4.78, 5) is 28.8. The van der Waals surface area contributed by atoms with Crippen molar-refractivity contribution in [1.82, 2.24) is 9.55 Å². The molecule has 0 bridgehead atoms. The molecule has 2 unspecified atom stereocenters. The Kier molecular flexibility index (Phi) is 3.29. The van der Waals surface area contributed by atoms with Gasteiger partial charge in [-0.3, -0.25) is 14.2 Å². The number of nitrogens with zero attached hydrogens (tertiary/aromatic N) is 2. The van der Waals surface area contributed by atoms with Crippen molar-refractivity contribution >= 4 is 24.2 Å². The maximum atomic E-state index is 12.8. The Labute approximate surface area is 145 Å². The van der Waals surface area contributed by atoms with Gasteiger partial charge in [-0.05, 0) is 43.5 Å². The lowest BCUT2D eigenvalue weighted by molar-refractivity contribution is -0.141. The predicted octanol–water partition coefficient (Wildman–Crippen LogP) is 3.07. The Bertz CT molecular complexity index is 1020. The van der Waals surface area contributed by atoms with Gasteiger partial charge in [0.15, 0.2) is 0 Å². The van der Waals surface area contributed by atoms with Gasteiger partial charge in [0.25, 0.3) is 5.56 Å². The van der Waals surface area contributed by atoms with Crippen LogP contribution in [-0.4, -0.2) is 20.6 Å². The number of hydrogen-bond donors (Lipinski definition) is 1. The van der Waals surface area contributed by atoms with Gasteiger partial charge in [-0.15, -0.1) is 0 Å². The number of rotatable bonds is 3. The van der Waals surface area contributed by atoms with E-state index in [0.717, 1.165) is 11.1 Å². The van der Waals surface area contributed by atoms with Crippen molar-refractivity contribution in [2.75, 3.05) is 0 Å². The van der Waals surface area contributed by atoms with E-state index in [1.165, 1.54) is 4.57 Å². The van der Waals surface area contributed by atoms with Gasteiger partial charge in [-0.25, -0.2) is 4.98 Å². The van der Waals surface area contributed by atoms with E-state index < -0.39 is 11.4 Å². The monoisotopic (exact) mass is 334 g/mol. The van der Waals surface area contributed by atoms with Gasteiger partial charge in [0, 0.05) is 5.56 Å². The molecule has 5 nitrogen and oxygen atoms in total. The van der Waals surface area contributed by atoms with Crippen molar-refractivity contribution in [3.8, 4) is 0 Å². The number of aromatic nitrogens is 2. The molecule has 2 aliphatic rings. The van der Waals surface area contributed by atoms with E-state index in [2.05, 4.69) is 4.98 Å². The van der Waals surface area contributed by atoms with Crippen molar-refractivity contribution < 1.29 is 9.90 Å². The number of carboxylic acids is 1. The van der Waals surface area contributed by atoms with Crippen LogP contribution < -0.4 is 5.56 Å². The summed E-state index contributed by atoms with van der Waals surface area (Å²) >= 11 is 0. The molecule has 126 valence electrons. The minimum atomic E-state index is -0.927. The van der Waals surface area contributed by atoms with E-state index in [1.54, 1.807) is 19.1 Å². The van der Waals surface area contributed by atoms with Gasteiger partial charge in [0.05, 0.1) is 11.7 Å². The summed E-state index contributed by atoms with van der Waals surface area (Å²) in [5.74, 6) is -0.355. The highest BCUT2D eigenvalue weighted by Crippen LogP contribution is 2.59. The van der Waals surface area contributed by atoms with E-state index >= 15 is 0 Å². The van der Waals surface area contributed by atoms with Crippen LogP contribution in [0.4, 0.5) is 0 Å². The first-order chi connectivity index (χ1) is 11.9. The van der Waals surface area contributed by atoms with E-state index in [0.29, 0.717) is 23.5 Å². The molecule has 0 spiro atoms. The number of carboxylic acid groups (broad SMARTS) is 1. The van der Waals surface area contributed by atoms with Crippen LogP contribution in [0.25, 0.3) is 18.2 Å². The van der Waals surface area contributed by atoms with Crippen LogP contribution in [0.1, 0.15) is 40.7 Å². The number of hydrogen-bond acceptors (Lipinski definition) is 3. The molecular formula is C20H18N2O3. The van der Waals surface area contributed by atoms with Crippen LogP contribution in [-0.2, 0) is 4.79 Å². The molecule has 2 aromatic rings. The number of fused-ring (bicyclic) bond motifs is 3. The first-order valence-corrected chi connectivity index (χ1v) is 8.23. The number of benzene rings is 1. The average molecular weight is 334 g/mol. The summed E-state index contributed by atoms with van der Waals surface area (Å²) in [6.07, 6.45) is 7.58. The number of aliphatic carboxylic acids is 1. The predicted molar refractivity (Wildman–Crippen MR) is 96.1 cm³/mol. The van der Waals surface area contributed by atoms with Gasteiger partial charge in [0.2, 0.25) is 0 Å². The van der Waals surface area contributed by atoms with E-state index in [1.807, 2.05) is 43.3 Å². The molecular weight excluding hydrogens is 316 g/mol. The molecule has 1 aromatic heterocycles. The Morgan fingerprint density at radius 1 is 1.32 bits per heavy atom. The summed E-state index contributed by atoms with van der Waals surface area (Å²) in [6.45, 7) is 3.77.